The lowest BCUT2D eigenvalue weighted by atomic mass is 9.82. The van der Waals surface area contributed by atoms with E-state index in [1.165, 1.54) is 32.1 Å². The Bertz CT molecular complexity index is 391. The van der Waals surface area contributed by atoms with Crippen LogP contribution in [-0.4, -0.2) is 22.7 Å². The fourth-order valence-corrected chi connectivity index (χ4v) is 3.04. The Kier molecular flexibility index (Phi) is 6.02. The highest BCUT2D eigenvalue weighted by molar-refractivity contribution is 4.98. The van der Waals surface area contributed by atoms with Gasteiger partial charge >= 0.3 is 0 Å². The van der Waals surface area contributed by atoms with Gasteiger partial charge in [0.05, 0.1) is 0 Å². The predicted octanol–water partition coefficient (Wildman–Crippen LogP) is 3.68. The molecule has 0 spiro atoms. The first-order chi connectivity index (χ1) is 9.69. The fraction of sp³-hybridized carbons (Fsp3) is 0.875. The van der Waals surface area contributed by atoms with Crippen LogP contribution >= 0.6 is 0 Å². The van der Waals surface area contributed by atoms with Crippen LogP contribution in [0.5, 0.6) is 0 Å². The summed E-state index contributed by atoms with van der Waals surface area (Å²) in [5, 5.41) is 7.70. The molecule has 1 aliphatic rings. The molecule has 0 radical (unpaired) electrons. The van der Waals surface area contributed by atoms with E-state index in [4.69, 9.17) is 4.52 Å². The minimum atomic E-state index is 0.514. The van der Waals surface area contributed by atoms with Crippen molar-refractivity contribution in [3.05, 3.63) is 11.7 Å². The third-order valence-electron chi connectivity index (χ3n) is 4.32. The summed E-state index contributed by atoms with van der Waals surface area (Å²) in [6.45, 7) is 7.81. The second-order valence-electron chi connectivity index (χ2n) is 6.41. The van der Waals surface area contributed by atoms with Crippen molar-refractivity contribution in [2.75, 3.05) is 6.54 Å². The highest BCUT2D eigenvalue weighted by Crippen LogP contribution is 2.34. The topological polar surface area (TPSA) is 51.0 Å². The van der Waals surface area contributed by atoms with Crippen LogP contribution in [0, 0.1) is 5.92 Å². The predicted molar refractivity (Wildman–Crippen MR) is 80.7 cm³/mol. The molecule has 20 heavy (non-hydrogen) atoms. The molecule has 4 nitrogen and oxygen atoms in total. The van der Waals surface area contributed by atoms with E-state index >= 15 is 0 Å². The largest absolute Gasteiger partial charge is 0.339 e. The second-order valence-corrected chi connectivity index (χ2v) is 6.41. The highest BCUT2D eigenvalue weighted by atomic mass is 16.5. The van der Waals surface area contributed by atoms with Crippen molar-refractivity contribution in [3.8, 4) is 0 Å². The van der Waals surface area contributed by atoms with E-state index in [9.17, 15) is 0 Å². The van der Waals surface area contributed by atoms with Gasteiger partial charge in [0.2, 0.25) is 5.89 Å². The van der Waals surface area contributed by atoms with Crippen molar-refractivity contribution < 1.29 is 4.52 Å². The maximum absolute atomic E-state index is 5.42. The summed E-state index contributed by atoms with van der Waals surface area (Å²) in [5.74, 6) is 3.07. The average molecular weight is 279 g/mol. The Hall–Kier alpha value is -0.900. The number of aryl methyl sites for hydroxylation is 1. The molecule has 0 aliphatic heterocycles. The Morgan fingerprint density at radius 2 is 2.25 bits per heavy atom. The van der Waals surface area contributed by atoms with Crippen molar-refractivity contribution in [2.24, 2.45) is 5.92 Å². The van der Waals surface area contributed by atoms with E-state index in [0.717, 1.165) is 37.0 Å². The molecule has 114 valence electrons. The van der Waals surface area contributed by atoms with Gasteiger partial charge in [-0.3, -0.25) is 0 Å². The van der Waals surface area contributed by atoms with Crippen molar-refractivity contribution in [1.29, 1.82) is 0 Å². The maximum Gasteiger partial charge on any atom is 0.226 e. The zero-order chi connectivity index (χ0) is 14.4. The number of hydrogen-bond donors (Lipinski definition) is 1. The lowest BCUT2D eigenvalue weighted by Gasteiger charge is -2.23. The molecule has 4 heteroatoms. The second kappa shape index (κ2) is 7.77. The van der Waals surface area contributed by atoms with Gasteiger partial charge in [0, 0.05) is 18.4 Å². The lowest BCUT2D eigenvalue weighted by Crippen LogP contribution is -2.27. The zero-order valence-corrected chi connectivity index (χ0v) is 13.2. The van der Waals surface area contributed by atoms with Crippen molar-refractivity contribution >= 4 is 0 Å². The van der Waals surface area contributed by atoms with E-state index in [0.29, 0.717) is 12.0 Å². The molecular weight excluding hydrogens is 250 g/mol. The molecular formula is C16H29N3O. The van der Waals surface area contributed by atoms with Crippen LogP contribution in [0.4, 0.5) is 0 Å². The normalized spacial score (nSPS) is 24.8. The molecule has 1 fully saturated rings. The third kappa shape index (κ3) is 4.58. The van der Waals surface area contributed by atoms with Gasteiger partial charge in [0.15, 0.2) is 5.82 Å². The van der Waals surface area contributed by atoms with Crippen molar-refractivity contribution in [3.63, 3.8) is 0 Å². The molecule has 0 amide bonds. The summed E-state index contributed by atoms with van der Waals surface area (Å²) in [7, 11) is 0. The summed E-state index contributed by atoms with van der Waals surface area (Å²) in [6, 6.07) is 0.514. The van der Waals surface area contributed by atoms with E-state index in [1.54, 1.807) is 0 Å². The Morgan fingerprint density at radius 1 is 1.40 bits per heavy atom. The molecule has 1 saturated carbocycles. The van der Waals surface area contributed by atoms with Gasteiger partial charge in [0.1, 0.15) is 0 Å². The van der Waals surface area contributed by atoms with Crippen molar-refractivity contribution in [2.45, 2.75) is 77.7 Å². The molecule has 1 aliphatic carbocycles. The number of nitrogens with one attached hydrogen (secondary N) is 1. The Labute approximate surface area is 122 Å². The van der Waals surface area contributed by atoms with Gasteiger partial charge in [-0.25, -0.2) is 0 Å². The molecule has 1 heterocycles. The van der Waals surface area contributed by atoms with Gasteiger partial charge < -0.3 is 9.84 Å². The monoisotopic (exact) mass is 279 g/mol. The molecule has 0 aromatic carbocycles. The lowest BCUT2D eigenvalue weighted by molar-refractivity contribution is 0.318. The standard InChI is InChI=1S/C16H29N3O/c1-4-10-17-13(3)8-9-15-18-16(19-20-15)14-7-5-6-12(2)11-14/h12-14,17H,4-11H2,1-3H3. The first kappa shape index (κ1) is 15.5. The molecule has 1 aromatic rings. The van der Waals surface area contributed by atoms with Crippen LogP contribution in [-0.2, 0) is 6.42 Å². The number of hydrogen-bond acceptors (Lipinski definition) is 4. The summed E-state index contributed by atoms with van der Waals surface area (Å²) in [4.78, 5) is 4.62. The van der Waals surface area contributed by atoms with Crippen LogP contribution in [0.25, 0.3) is 0 Å². The van der Waals surface area contributed by atoms with E-state index < -0.39 is 0 Å². The zero-order valence-electron chi connectivity index (χ0n) is 13.2. The van der Waals surface area contributed by atoms with Gasteiger partial charge in [-0.2, -0.15) is 4.98 Å². The van der Waals surface area contributed by atoms with Crippen LogP contribution in [0.15, 0.2) is 4.52 Å². The van der Waals surface area contributed by atoms with Crippen LogP contribution < -0.4 is 5.32 Å². The molecule has 3 unspecified atom stereocenters. The molecule has 3 atom stereocenters. The summed E-state index contributed by atoms with van der Waals surface area (Å²) in [5.41, 5.74) is 0. The molecule has 0 bridgehead atoms. The Morgan fingerprint density at radius 3 is 3.00 bits per heavy atom. The third-order valence-corrected chi connectivity index (χ3v) is 4.32. The number of aromatic nitrogens is 2. The smallest absolute Gasteiger partial charge is 0.226 e. The first-order valence-electron chi connectivity index (χ1n) is 8.25. The van der Waals surface area contributed by atoms with Crippen LogP contribution in [0.1, 0.15) is 76.9 Å². The number of nitrogens with zero attached hydrogens (tertiary/aromatic N) is 2. The van der Waals surface area contributed by atoms with Crippen LogP contribution in [0.3, 0.4) is 0 Å². The molecule has 0 saturated heterocycles. The number of rotatable bonds is 7. The van der Waals surface area contributed by atoms with Crippen LogP contribution in [0.2, 0.25) is 0 Å². The SMILES string of the molecule is CCCNC(C)CCc1nc(C2CCCC(C)C2)no1. The van der Waals surface area contributed by atoms with Gasteiger partial charge in [-0.15, -0.1) is 0 Å². The first-order valence-corrected chi connectivity index (χ1v) is 8.25. The summed E-state index contributed by atoms with van der Waals surface area (Å²) >= 11 is 0. The van der Waals surface area contributed by atoms with Gasteiger partial charge in [-0.1, -0.05) is 31.8 Å². The van der Waals surface area contributed by atoms with Gasteiger partial charge in [0.25, 0.3) is 0 Å². The highest BCUT2D eigenvalue weighted by Gasteiger charge is 2.24. The molecule has 1 aromatic heterocycles. The van der Waals surface area contributed by atoms with Gasteiger partial charge in [-0.05, 0) is 45.1 Å². The van der Waals surface area contributed by atoms with E-state index in [1.807, 2.05) is 0 Å². The molecule has 1 N–H and O–H groups in total. The van der Waals surface area contributed by atoms with Crippen molar-refractivity contribution in [1.82, 2.24) is 15.5 Å². The molecule has 2 rings (SSSR count). The minimum absolute atomic E-state index is 0.514. The Balaban J connectivity index is 1.79. The quantitative estimate of drug-likeness (QED) is 0.827. The average Bonchev–Trinajstić information content (AvgIpc) is 2.92. The summed E-state index contributed by atoms with van der Waals surface area (Å²) < 4.78 is 5.42. The van der Waals surface area contributed by atoms with E-state index in [2.05, 4.69) is 36.2 Å². The minimum Gasteiger partial charge on any atom is -0.339 e. The van der Waals surface area contributed by atoms with E-state index in [-0.39, 0.29) is 0 Å². The maximum atomic E-state index is 5.42. The fourth-order valence-electron chi connectivity index (χ4n) is 3.04. The summed E-state index contributed by atoms with van der Waals surface area (Å²) in [6.07, 6.45) is 8.20.